The molecule has 1 aromatic rings. The van der Waals surface area contributed by atoms with Crippen molar-refractivity contribution in [3.8, 4) is 0 Å². The van der Waals surface area contributed by atoms with Crippen LogP contribution >= 0.6 is 0 Å². The molecule has 0 unspecified atom stereocenters. The van der Waals surface area contributed by atoms with Gasteiger partial charge in [-0.3, -0.25) is 0 Å². The molecule has 1 fully saturated rings. The van der Waals surface area contributed by atoms with Crippen LogP contribution in [0.4, 0.5) is 0 Å². The van der Waals surface area contributed by atoms with E-state index in [1.165, 1.54) is 24.3 Å². The topological polar surface area (TPSA) is 75.7 Å². The van der Waals surface area contributed by atoms with Gasteiger partial charge in [0.25, 0.3) is 0 Å². The van der Waals surface area contributed by atoms with Gasteiger partial charge in [-0.25, -0.2) is 8.42 Å². The van der Waals surface area contributed by atoms with Crippen LogP contribution in [0.2, 0.25) is 0 Å². The third-order valence-corrected chi connectivity index (χ3v) is 2.63. The first-order chi connectivity index (χ1) is 7.61. The van der Waals surface area contributed by atoms with Crippen LogP contribution in [0, 0.1) is 0 Å². The number of ether oxygens (including phenoxy) is 2. The van der Waals surface area contributed by atoms with Crippen molar-refractivity contribution in [2.45, 2.75) is 4.90 Å². The molecule has 0 aliphatic carbocycles. The fraction of sp³-hybridized carbons (Fsp3) is 0.400. The van der Waals surface area contributed by atoms with Crippen molar-refractivity contribution in [3.05, 3.63) is 30.3 Å². The third-order valence-electron chi connectivity index (χ3n) is 1.78. The average Bonchev–Trinajstić information content (AvgIpc) is 2.32. The molecule has 0 radical (unpaired) electrons. The largest absolute Gasteiger partial charge is 1.00 e. The van der Waals surface area contributed by atoms with Crippen molar-refractivity contribution < 1.29 is 52.0 Å². The van der Waals surface area contributed by atoms with E-state index in [1.807, 2.05) is 0 Å². The molecule has 90 valence electrons. The molecule has 5 nitrogen and oxygen atoms in total. The molecule has 1 heterocycles. The SMILES string of the molecule is C1COCCO1.O=S(=O)([O-])c1ccccc1.[Na+]. The van der Waals surface area contributed by atoms with Crippen LogP contribution in [0.3, 0.4) is 0 Å². The van der Waals surface area contributed by atoms with Crippen LogP contribution in [0.25, 0.3) is 0 Å². The number of hydrogen-bond acceptors (Lipinski definition) is 5. The van der Waals surface area contributed by atoms with Gasteiger partial charge in [0.2, 0.25) is 0 Å². The maximum atomic E-state index is 10.3. The molecular weight excluding hydrogens is 255 g/mol. The molecule has 0 N–H and O–H groups in total. The molecule has 1 aliphatic rings. The molecule has 1 aliphatic heterocycles. The molecule has 0 atom stereocenters. The van der Waals surface area contributed by atoms with E-state index in [0.717, 1.165) is 26.4 Å². The van der Waals surface area contributed by atoms with E-state index in [-0.39, 0.29) is 34.5 Å². The fourth-order valence-electron chi connectivity index (χ4n) is 1.03. The Hall–Kier alpha value is 0.0500. The Morgan fingerprint density at radius 2 is 1.35 bits per heavy atom. The van der Waals surface area contributed by atoms with Gasteiger partial charge in [0.1, 0.15) is 10.1 Å². The standard InChI is InChI=1S/C6H6O3S.C4H8O2.Na/c7-10(8,9)6-4-2-1-3-5-6;1-2-6-4-3-5-1;/h1-5H,(H,7,8,9);1-4H2;/q;;+1/p-1. The van der Waals surface area contributed by atoms with Gasteiger partial charge in [-0.15, -0.1) is 0 Å². The summed E-state index contributed by atoms with van der Waals surface area (Å²) in [5.41, 5.74) is 0. The van der Waals surface area contributed by atoms with Crippen LogP contribution in [0.1, 0.15) is 0 Å². The predicted octanol–water partition coefficient (Wildman–Crippen LogP) is -2.37. The van der Waals surface area contributed by atoms with Gasteiger partial charge >= 0.3 is 29.6 Å². The van der Waals surface area contributed by atoms with Crippen LogP contribution in [0.15, 0.2) is 35.2 Å². The third kappa shape index (κ3) is 7.88. The van der Waals surface area contributed by atoms with E-state index >= 15 is 0 Å². The average molecular weight is 268 g/mol. The summed E-state index contributed by atoms with van der Waals surface area (Å²) in [6.45, 7) is 3.11. The summed E-state index contributed by atoms with van der Waals surface area (Å²) in [6, 6.07) is 7.19. The Bertz CT molecular complexity index is 377. The minimum absolute atomic E-state index is 0. The van der Waals surface area contributed by atoms with Gasteiger partial charge in [-0.2, -0.15) is 0 Å². The first kappa shape index (κ1) is 17.1. The number of hydrogen-bond donors (Lipinski definition) is 0. The second-order valence-electron chi connectivity index (χ2n) is 2.99. The monoisotopic (exact) mass is 268 g/mol. The van der Waals surface area contributed by atoms with Crippen LogP contribution in [-0.2, 0) is 19.6 Å². The normalized spacial score (nSPS) is 15.1. The van der Waals surface area contributed by atoms with Crippen LogP contribution < -0.4 is 29.6 Å². The number of rotatable bonds is 1. The minimum atomic E-state index is -4.25. The Kier molecular flexibility index (Phi) is 9.07. The van der Waals surface area contributed by atoms with Gasteiger partial charge in [0.05, 0.1) is 31.3 Å². The Labute approximate surface area is 123 Å². The summed E-state index contributed by atoms with van der Waals surface area (Å²) in [4.78, 5) is -0.185. The first-order valence-electron chi connectivity index (χ1n) is 4.77. The number of benzene rings is 1. The van der Waals surface area contributed by atoms with Crippen molar-refractivity contribution in [2.24, 2.45) is 0 Å². The van der Waals surface area contributed by atoms with Crippen molar-refractivity contribution in [2.75, 3.05) is 26.4 Å². The molecule has 17 heavy (non-hydrogen) atoms. The second-order valence-corrected chi connectivity index (χ2v) is 4.37. The van der Waals surface area contributed by atoms with E-state index in [0.29, 0.717) is 0 Å². The molecule has 7 heteroatoms. The predicted molar refractivity (Wildman–Crippen MR) is 56.0 cm³/mol. The summed E-state index contributed by atoms with van der Waals surface area (Å²) >= 11 is 0. The van der Waals surface area contributed by atoms with Crippen molar-refractivity contribution in [3.63, 3.8) is 0 Å². The summed E-state index contributed by atoms with van der Waals surface area (Å²) in [5, 5.41) is 0. The molecule has 0 spiro atoms. The van der Waals surface area contributed by atoms with E-state index < -0.39 is 10.1 Å². The summed E-state index contributed by atoms with van der Waals surface area (Å²) < 4.78 is 40.7. The zero-order valence-corrected chi connectivity index (χ0v) is 12.5. The zero-order valence-electron chi connectivity index (χ0n) is 9.66. The maximum Gasteiger partial charge on any atom is 1.00 e. The van der Waals surface area contributed by atoms with E-state index in [2.05, 4.69) is 0 Å². The molecule has 2 rings (SSSR count). The Morgan fingerprint density at radius 3 is 1.59 bits per heavy atom. The molecule has 0 amide bonds. The molecule has 1 saturated heterocycles. The van der Waals surface area contributed by atoms with Crippen LogP contribution in [-0.4, -0.2) is 39.4 Å². The molecular formula is C10H13NaO5S. The quantitative estimate of drug-likeness (QED) is 0.420. The van der Waals surface area contributed by atoms with Gasteiger partial charge in [0.15, 0.2) is 0 Å². The summed E-state index contributed by atoms with van der Waals surface area (Å²) in [7, 11) is -4.25. The molecule has 1 aromatic carbocycles. The Balaban J connectivity index is 0.000000316. The minimum Gasteiger partial charge on any atom is -0.744 e. The molecule has 0 saturated carbocycles. The summed E-state index contributed by atoms with van der Waals surface area (Å²) in [6.07, 6.45) is 0. The van der Waals surface area contributed by atoms with Crippen molar-refractivity contribution >= 4 is 10.1 Å². The van der Waals surface area contributed by atoms with Gasteiger partial charge in [-0.1, -0.05) is 18.2 Å². The Morgan fingerprint density at radius 1 is 0.941 bits per heavy atom. The molecule has 0 bridgehead atoms. The van der Waals surface area contributed by atoms with Gasteiger partial charge < -0.3 is 14.0 Å². The molecule has 0 aromatic heterocycles. The van der Waals surface area contributed by atoms with E-state index in [9.17, 15) is 13.0 Å². The van der Waals surface area contributed by atoms with Crippen molar-refractivity contribution in [1.82, 2.24) is 0 Å². The fourth-order valence-corrected chi connectivity index (χ4v) is 1.52. The zero-order chi connectivity index (χ0) is 11.9. The van der Waals surface area contributed by atoms with Crippen molar-refractivity contribution in [1.29, 1.82) is 0 Å². The second kappa shape index (κ2) is 9.04. The van der Waals surface area contributed by atoms with Crippen LogP contribution in [0.5, 0.6) is 0 Å². The summed E-state index contributed by atoms with van der Waals surface area (Å²) in [5.74, 6) is 0. The smallest absolute Gasteiger partial charge is 0.744 e. The van der Waals surface area contributed by atoms with Gasteiger partial charge in [-0.05, 0) is 12.1 Å². The van der Waals surface area contributed by atoms with Gasteiger partial charge in [0, 0.05) is 0 Å². The van der Waals surface area contributed by atoms with E-state index in [1.54, 1.807) is 6.07 Å². The first-order valence-corrected chi connectivity index (χ1v) is 6.18. The maximum absolute atomic E-state index is 10.3. The van der Waals surface area contributed by atoms with E-state index in [4.69, 9.17) is 9.47 Å².